The van der Waals surface area contributed by atoms with Crippen LogP contribution in [0.25, 0.3) is 55.5 Å². The van der Waals surface area contributed by atoms with E-state index in [1.54, 1.807) is 105 Å². The molecule has 0 aromatic carbocycles. The van der Waals surface area contributed by atoms with Crippen molar-refractivity contribution in [3.8, 4) is 0 Å². The zero-order valence-corrected chi connectivity index (χ0v) is 55.5. The molecule has 0 amide bonds. The molecule has 10 aromatic rings. The van der Waals surface area contributed by atoms with Crippen LogP contribution in [0.2, 0.25) is 0 Å². The van der Waals surface area contributed by atoms with E-state index in [4.69, 9.17) is 62.3 Å². The molecule has 94 heavy (non-hydrogen) atoms. The van der Waals surface area contributed by atoms with Crippen LogP contribution < -0.4 is 11.5 Å². The molecule has 0 bridgehead atoms. The molecule has 0 aliphatic carbocycles. The number of hydrogen-bond donors (Lipinski definition) is 4. The van der Waals surface area contributed by atoms with Gasteiger partial charge in [0, 0.05) is 60.7 Å². The van der Waals surface area contributed by atoms with Crippen LogP contribution in [0.5, 0.6) is 0 Å². The van der Waals surface area contributed by atoms with Gasteiger partial charge in [0.2, 0.25) is 11.8 Å². The molecule has 0 saturated carbocycles. The number of fused-ring (bicyclic) bond motifs is 5. The Morgan fingerprint density at radius 3 is 0.936 bits per heavy atom. The third kappa shape index (κ3) is 17.9. The van der Waals surface area contributed by atoms with Crippen molar-refractivity contribution in [1.29, 1.82) is 0 Å². The summed E-state index contributed by atoms with van der Waals surface area (Å²) in [4.78, 5) is 120. The van der Waals surface area contributed by atoms with Crippen molar-refractivity contribution in [3.05, 3.63) is 120 Å². The van der Waals surface area contributed by atoms with E-state index in [9.17, 15) is 47.9 Å². The van der Waals surface area contributed by atoms with Crippen molar-refractivity contribution >= 4 is 142 Å². The van der Waals surface area contributed by atoms with Crippen LogP contribution in [0, 0.1) is 0 Å². The van der Waals surface area contributed by atoms with E-state index in [2.05, 4.69) is 46.3 Å². The summed E-state index contributed by atoms with van der Waals surface area (Å²) < 4.78 is 66.1. The first-order valence-corrected chi connectivity index (χ1v) is 29.9. The van der Waals surface area contributed by atoms with Gasteiger partial charge in [0.25, 0.3) is 11.8 Å². The van der Waals surface area contributed by atoms with Gasteiger partial charge in [0.15, 0.2) is 27.9 Å². The Hall–Kier alpha value is -10.2. The molecular weight excluding hydrogens is 1290 g/mol. The van der Waals surface area contributed by atoms with E-state index in [0.29, 0.717) is 62.3 Å². The van der Waals surface area contributed by atoms with Crippen LogP contribution in [0.1, 0.15) is 141 Å². The van der Waals surface area contributed by atoms with Gasteiger partial charge in [-0.1, -0.05) is 0 Å². The fourth-order valence-electron chi connectivity index (χ4n) is 8.19. The summed E-state index contributed by atoms with van der Waals surface area (Å²) >= 11 is 0. The number of aromatic nitrogens is 5. The number of carbonyl (C=O) groups is 10. The molecule has 0 aliphatic rings. The topological polar surface area (TPSA) is 427 Å². The van der Waals surface area contributed by atoms with Crippen LogP contribution in [0.4, 0.5) is 0 Å². The van der Waals surface area contributed by atoms with Gasteiger partial charge >= 0.3 is 35.8 Å². The van der Waals surface area contributed by atoms with E-state index in [-0.39, 0.29) is 78.8 Å². The third-order valence-electron chi connectivity index (χ3n) is 12.7. The minimum absolute atomic E-state index is 0.133. The summed E-state index contributed by atoms with van der Waals surface area (Å²) in [6.45, 7) is 17.7. The van der Waals surface area contributed by atoms with Gasteiger partial charge in [-0.3, -0.25) is 51.7 Å². The molecule has 5 atom stereocenters. The van der Waals surface area contributed by atoms with E-state index < -0.39 is 60.1 Å². The lowest BCUT2D eigenvalue weighted by Crippen LogP contribution is -2.33. The third-order valence-corrected chi connectivity index (χ3v) is 13.8. The Bertz CT molecular complexity index is 4100. The Morgan fingerprint density at radius 1 is 0.426 bits per heavy atom. The number of carbonyl (C=O) groups excluding carboxylic acids is 9. The second-order valence-electron chi connectivity index (χ2n) is 19.3. The van der Waals surface area contributed by atoms with Crippen molar-refractivity contribution in [2.45, 2.75) is 99.4 Å². The SMILES string of the molecule is CC(N=P)C(=O)O.CCOC(=O)c1cc2occc2[nH]1.CCOC(=O)c1cc2occc2n1C(=O)C(C)N.CCOC(=O)c1cc2occc2n1C(=O)C(C)N.CCOC(=O)c1cc2occc2n1C(=O)C(C)N=P.CCOC(=O)c1cc2occc2n1C(=O)C(C)N=P. The second-order valence-corrected chi connectivity index (χ2v) is 20.1. The Morgan fingerprint density at radius 2 is 0.691 bits per heavy atom. The van der Waals surface area contributed by atoms with Gasteiger partial charge in [0.1, 0.15) is 46.6 Å². The minimum Gasteiger partial charge on any atom is -0.480 e. The lowest BCUT2D eigenvalue weighted by molar-refractivity contribution is -0.137. The zero-order valence-electron chi connectivity index (χ0n) is 52.5. The average Bonchev–Trinajstić information content (AvgIpc) is 1.65. The number of aromatic amines is 1. The van der Waals surface area contributed by atoms with E-state index >= 15 is 0 Å². The summed E-state index contributed by atoms with van der Waals surface area (Å²) in [5.41, 5.74) is 17.5. The van der Waals surface area contributed by atoms with E-state index in [1.807, 2.05) is 0 Å². The summed E-state index contributed by atoms with van der Waals surface area (Å²) in [5, 5.41) is 8.06. The second kappa shape index (κ2) is 35.0. The maximum Gasteiger partial charge on any atom is 0.355 e. The summed E-state index contributed by atoms with van der Waals surface area (Å²) in [6, 6.07) is 12.5. The highest BCUT2D eigenvalue weighted by Crippen LogP contribution is 2.27. The van der Waals surface area contributed by atoms with Crippen LogP contribution in [0.15, 0.2) is 128 Å². The maximum absolute atomic E-state index is 12.3. The molecule has 10 aromatic heterocycles. The quantitative estimate of drug-likeness (QED) is 0.0352. The molecular formula is C60H69N10O21P3. The molecule has 10 rings (SSSR count). The molecule has 0 fully saturated rings. The number of nitrogens with two attached hydrogens (primary N) is 2. The first kappa shape index (κ1) is 74.5. The highest BCUT2D eigenvalue weighted by Gasteiger charge is 2.29. The molecule has 0 spiro atoms. The molecule has 6 N–H and O–H groups in total. The smallest absolute Gasteiger partial charge is 0.355 e. The lowest BCUT2D eigenvalue weighted by Gasteiger charge is -2.10. The van der Waals surface area contributed by atoms with Gasteiger partial charge in [-0.25, -0.2) is 28.8 Å². The number of ether oxygens (including phenoxy) is 5. The Labute approximate surface area is 540 Å². The van der Waals surface area contributed by atoms with Crippen molar-refractivity contribution in [2.24, 2.45) is 25.7 Å². The summed E-state index contributed by atoms with van der Waals surface area (Å²) in [7, 11) is 8.60. The predicted octanol–water partition coefficient (Wildman–Crippen LogP) is 11.1. The number of hydrogen-bond acceptors (Lipinski definition) is 25. The number of rotatable bonds is 18. The number of carboxylic acid groups (broad SMARTS) is 1. The molecule has 31 nitrogen and oxygen atoms in total. The largest absolute Gasteiger partial charge is 0.480 e. The van der Waals surface area contributed by atoms with E-state index in [0.717, 1.165) is 5.52 Å². The van der Waals surface area contributed by atoms with Gasteiger partial charge in [-0.05, 0) is 96.3 Å². The fraction of sp³-hybridized carbons (Fsp3) is 0.333. The summed E-state index contributed by atoms with van der Waals surface area (Å²) in [6.07, 6.45) is 7.38. The molecule has 0 radical (unpaired) electrons. The van der Waals surface area contributed by atoms with Crippen molar-refractivity contribution in [3.63, 3.8) is 0 Å². The predicted molar refractivity (Wildman–Crippen MR) is 345 cm³/mol. The molecule has 0 aliphatic heterocycles. The highest BCUT2D eigenvalue weighted by molar-refractivity contribution is 7.04. The molecule has 0 saturated heterocycles. The number of carboxylic acids is 1. The lowest BCUT2D eigenvalue weighted by atomic mass is 10.3. The van der Waals surface area contributed by atoms with Gasteiger partial charge in [-0.15, -0.1) is 0 Å². The fourth-order valence-corrected chi connectivity index (χ4v) is 8.52. The van der Waals surface area contributed by atoms with Crippen LogP contribution in [-0.4, -0.2) is 151 Å². The number of nitrogens with one attached hydrogen (secondary N) is 1. The maximum atomic E-state index is 12.3. The molecule has 500 valence electrons. The number of aliphatic carboxylic acids is 1. The highest BCUT2D eigenvalue weighted by atomic mass is 31.0. The standard InChI is InChI=1S/2C12H13N2O4P.2C12H14N2O4.C9H9NO3.C3H6NO2P/c2*1-3-17-12(16)9-6-10-8(4-5-18-10)14(9)11(15)7(2)13-19;2*1-3-17-12(16)9-6-10-8(4-5-18-10)14(9)11(15)7(2)13;1-2-12-9(11)7-5-8-6(10-7)3-4-13-8;1-2(4-7)3(5)6/h2*4-7,19H,3H2,1-2H3;2*4-7H,3,13H2,1-2H3;3-5,10H,2H2,1H3;2,7H,1H3,(H,5,6). The van der Waals surface area contributed by atoms with Crippen molar-refractivity contribution in [1.82, 2.24) is 23.3 Å². The Kier molecular flexibility index (Phi) is 27.8. The molecule has 34 heteroatoms. The normalized spacial score (nSPS) is 12.2. The first-order chi connectivity index (χ1) is 44.8. The Balaban J connectivity index is 0.000000208. The number of furan rings is 5. The number of esters is 5. The average molecular weight is 1360 g/mol. The van der Waals surface area contributed by atoms with Gasteiger partial charge in [-0.2, -0.15) is 0 Å². The summed E-state index contributed by atoms with van der Waals surface area (Å²) in [5.74, 6) is -4.99. The minimum atomic E-state index is -0.921. The number of nitrogens with zero attached hydrogens (tertiary/aromatic N) is 7. The number of H-pyrrole nitrogens is 1. The monoisotopic (exact) mass is 1360 g/mol. The molecule has 10 heterocycles. The van der Waals surface area contributed by atoms with Crippen molar-refractivity contribution in [2.75, 3.05) is 33.0 Å². The van der Waals surface area contributed by atoms with Crippen LogP contribution >= 0.6 is 27.1 Å². The van der Waals surface area contributed by atoms with Crippen molar-refractivity contribution < 1.29 is 98.8 Å². The van der Waals surface area contributed by atoms with E-state index in [1.165, 1.54) is 74.5 Å². The zero-order chi connectivity index (χ0) is 69.7. The van der Waals surface area contributed by atoms with Gasteiger partial charge < -0.3 is 67.3 Å². The van der Waals surface area contributed by atoms with Gasteiger partial charge in [0.05, 0.1) is 104 Å². The van der Waals surface area contributed by atoms with Crippen LogP contribution in [0.3, 0.4) is 0 Å². The molecule has 5 unspecified atom stereocenters. The first-order valence-electron chi connectivity index (χ1n) is 28.6. The van der Waals surface area contributed by atoms with Crippen LogP contribution in [-0.2, 0) is 28.5 Å².